The van der Waals surface area contributed by atoms with Crippen molar-refractivity contribution in [3.63, 3.8) is 0 Å². The van der Waals surface area contributed by atoms with Crippen LogP contribution >= 0.6 is 0 Å². The van der Waals surface area contributed by atoms with E-state index in [2.05, 4.69) is 20.3 Å². The van der Waals surface area contributed by atoms with Crippen LogP contribution in [0.25, 0.3) is 0 Å². The molecule has 2 unspecified atom stereocenters. The summed E-state index contributed by atoms with van der Waals surface area (Å²) >= 11 is 0. The maximum Gasteiger partial charge on any atom is 0.407 e. The Balaban J connectivity index is 1.59. The van der Waals surface area contributed by atoms with Gasteiger partial charge in [0.2, 0.25) is 0 Å². The Morgan fingerprint density at radius 1 is 1.14 bits per heavy atom. The second-order valence-corrected chi connectivity index (χ2v) is 9.24. The van der Waals surface area contributed by atoms with E-state index < -0.39 is 54.7 Å². The molecule has 202 valence electrons. The molecule has 0 aromatic carbocycles. The van der Waals surface area contributed by atoms with Crippen molar-refractivity contribution in [1.82, 2.24) is 29.7 Å². The Hall–Kier alpha value is -3.59. The van der Waals surface area contributed by atoms with Gasteiger partial charge in [0.05, 0.1) is 12.7 Å². The van der Waals surface area contributed by atoms with Crippen LogP contribution in [0.1, 0.15) is 29.7 Å². The first-order valence-electron chi connectivity index (χ1n) is 11.2. The van der Waals surface area contributed by atoms with Crippen molar-refractivity contribution in [2.45, 2.75) is 44.3 Å². The average Bonchev–Trinajstić information content (AvgIpc) is 3.23. The minimum atomic E-state index is -5.71. The predicted octanol–water partition coefficient (Wildman–Crippen LogP) is 2.92. The molecular weight excluding hydrogens is 512 g/mol. The van der Waals surface area contributed by atoms with Gasteiger partial charge in [-0.25, -0.2) is 14.8 Å². The van der Waals surface area contributed by atoms with Crippen LogP contribution in [0, 0.1) is 11.8 Å². The summed E-state index contributed by atoms with van der Waals surface area (Å²) in [5.41, 5.74) is -2.19. The number of hydrogen-bond donors (Lipinski definition) is 2. The highest BCUT2D eigenvalue weighted by Gasteiger charge is 2.65. The fourth-order valence-electron chi connectivity index (χ4n) is 4.86. The molecule has 2 aromatic heterocycles. The molecule has 2 amide bonds. The van der Waals surface area contributed by atoms with Crippen LogP contribution in [0.4, 0.5) is 37.0 Å². The number of rotatable bonds is 4. The van der Waals surface area contributed by atoms with Gasteiger partial charge in [0, 0.05) is 56.2 Å². The number of aromatic nitrogens is 4. The van der Waals surface area contributed by atoms with E-state index in [4.69, 9.17) is 0 Å². The summed E-state index contributed by atoms with van der Waals surface area (Å²) in [5.74, 6) is -6.08. The Bertz CT molecular complexity index is 1140. The number of halogens is 6. The third kappa shape index (κ3) is 5.41. The number of carbonyl (C=O) groups is 2. The van der Waals surface area contributed by atoms with Crippen molar-refractivity contribution >= 4 is 17.8 Å². The molecule has 10 nitrogen and oxygen atoms in total. The number of nitrogens with one attached hydrogen (secondary N) is 1. The lowest BCUT2D eigenvalue weighted by atomic mass is 9.71. The number of hydrogen-bond acceptors (Lipinski definition) is 6. The number of nitrogens with zero attached hydrogens (tertiary/aromatic N) is 6. The maximum atomic E-state index is 13.6. The summed E-state index contributed by atoms with van der Waals surface area (Å²) in [5, 5.41) is 11.5. The normalized spacial score (nSPS) is 22.6. The van der Waals surface area contributed by atoms with Crippen molar-refractivity contribution in [3.8, 4) is 0 Å². The molecule has 2 N–H and O–H groups in total. The molecule has 0 radical (unpaired) electrons. The van der Waals surface area contributed by atoms with E-state index >= 15 is 0 Å². The SMILES string of the molecule is CC1(NC(=O)c2cn3c(n2)CN(c2cnccn2)CC3)CCN(C(=O)O)CC1C(C(F)(F)F)C(F)(F)F. The Morgan fingerprint density at radius 3 is 2.43 bits per heavy atom. The number of likely N-dealkylation sites (tertiary alicyclic amines) is 1. The molecule has 2 atom stereocenters. The van der Waals surface area contributed by atoms with Crippen molar-refractivity contribution in [3.05, 3.63) is 36.3 Å². The minimum Gasteiger partial charge on any atom is -0.465 e. The Labute approximate surface area is 206 Å². The molecule has 4 rings (SSSR count). The number of fused-ring (bicyclic) bond motifs is 1. The number of imidazole rings is 1. The second kappa shape index (κ2) is 9.37. The number of anilines is 1. The van der Waals surface area contributed by atoms with Gasteiger partial charge in [-0.1, -0.05) is 0 Å². The van der Waals surface area contributed by atoms with Gasteiger partial charge in [-0.15, -0.1) is 0 Å². The van der Waals surface area contributed by atoms with E-state index in [1.54, 1.807) is 10.8 Å². The molecule has 0 bridgehead atoms. The van der Waals surface area contributed by atoms with Gasteiger partial charge >= 0.3 is 18.4 Å². The summed E-state index contributed by atoms with van der Waals surface area (Å²) in [6.07, 6.45) is -7.57. The Morgan fingerprint density at radius 2 is 1.84 bits per heavy atom. The predicted molar refractivity (Wildman–Crippen MR) is 114 cm³/mol. The number of carbonyl (C=O) groups excluding carboxylic acids is 1. The molecule has 0 saturated carbocycles. The minimum absolute atomic E-state index is 0.174. The lowest BCUT2D eigenvalue weighted by Crippen LogP contribution is -2.65. The maximum absolute atomic E-state index is 13.6. The summed E-state index contributed by atoms with van der Waals surface area (Å²) in [7, 11) is 0. The van der Waals surface area contributed by atoms with Crippen LogP contribution in [-0.2, 0) is 13.1 Å². The van der Waals surface area contributed by atoms with E-state index in [9.17, 15) is 41.0 Å². The third-order valence-corrected chi connectivity index (χ3v) is 6.82. The monoisotopic (exact) mass is 535 g/mol. The van der Waals surface area contributed by atoms with E-state index in [1.807, 2.05) is 4.90 Å². The average molecular weight is 535 g/mol. The van der Waals surface area contributed by atoms with Crippen LogP contribution in [0.3, 0.4) is 0 Å². The zero-order valence-corrected chi connectivity index (χ0v) is 19.4. The molecule has 16 heteroatoms. The molecule has 37 heavy (non-hydrogen) atoms. The zero-order chi connectivity index (χ0) is 27.2. The first-order valence-corrected chi connectivity index (χ1v) is 11.2. The van der Waals surface area contributed by atoms with Crippen LogP contribution in [0.2, 0.25) is 0 Å². The summed E-state index contributed by atoms with van der Waals surface area (Å²) in [4.78, 5) is 39.2. The number of piperidine rings is 1. The molecule has 0 aliphatic carbocycles. The topological polar surface area (TPSA) is 116 Å². The van der Waals surface area contributed by atoms with Crippen LogP contribution in [0.15, 0.2) is 24.8 Å². The van der Waals surface area contributed by atoms with Crippen molar-refractivity contribution in [2.24, 2.45) is 11.8 Å². The van der Waals surface area contributed by atoms with E-state index in [0.29, 0.717) is 29.6 Å². The molecule has 1 fully saturated rings. The van der Waals surface area contributed by atoms with Crippen molar-refractivity contribution in [2.75, 3.05) is 24.5 Å². The molecular formula is C21H23F6N7O3. The fraction of sp³-hybridized carbons (Fsp3) is 0.571. The molecule has 2 aliphatic heterocycles. The fourth-order valence-corrected chi connectivity index (χ4v) is 4.86. The highest BCUT2D eigenvalue weighted by atomic mass is 19.4. The van der Waals surface area contributed by atoms with E-state index in [1.165, 1.54) is 18.6 Å². The van der Waals surface area contributed by atoms with Crippen molar-refractivity contribution < 1.29 is 41.0 Å². The van der Waals surface area contributed by atoms with Gasteiger partial charge in [-0.2, -0.15) is 26.3 Å². The largest absolute Gasteiger partial charge is 0.465 e. The van der Waals surface area contributed by atoms with E-state index in [0.717, 1.165) is 6.92 Å². The lowest BCUT2D eigenvalue weighted by molar-refractivity contribution is -0.307. The van der Waals surface area contributed by atoms with Gasteiger partial charge in [0.15, 0.2) is 5.92 Å². The highest BCUT2D eigenvalue weighted by Crippen LogP contribution is 2.49. The van der Waals surface area contributed by atoms with Crippen molar-refractivity contribution in [1.29, 1.82) is 0 Å². The van der Waals surface area contributed by atoms with Crippen LogP contribution < -0.4 is 10.2 Å². The second-order valence-electron chi connectivity index (χ2n) is 9.24. The Kier molecular flexibility index (Phi) is 6.71. The standard InChI is InChI=1S/C21H23F6N7O3/c1-19(2-5-34(18(36)37)9-12(19)16(20(22,23)24)21(25,26)27)31-17(35)13-10-32-6-7-33(11-15(32)30-13)14-8-28-3-4-29-14/h3-4,8,10,12,16H,2,5-7,9,11H2,1H3,(H,31,35)(H,36,37). The van der Waals surface area contributed by atoms with Gasteiger partial charge in [-0.3, -0.25) is 9.78 Å². The zero-order valence-electron chi connectivity index (χ0n) is 19.4. The molecule has 4 heterocycles. The lowest BCUT2D eigenvalue weighted by Gasteiger charge is -2.48. The summed E-state index contributed by atoms with van der Waals surface area (Å²) < 4.78 is 83.5. The third-order valence-electron chi connectivity index (χ3n) is 6.82. The molecule has 0 spiro atoms. The van der Waals surface area contributed by atoms with Gasteiger partial charge in [0.1, 0.15) is 17.3 Å². The first-order chi connectivity index (χ1) is 17.2. The number of carboxylic acid groups (broad SMARTS) is 1. The van der Waals surface area contributed by atoms with Gasteiger partial charge in [0.25, 0.3) is 5.91 Å². The smallest absolute Gasteiger partial charge is 0.407 e. The van der Waals surface area contributed by atoms with Crippen LogP contribution in [0.5, 0.6) is 0 Å². The number of amides is 2. The quantitative estimate of drug-likeness (QED) is 0.579. The van der Waals surface area contributed by atoms with Gasteiger partial charge in [-0.05, 0) is 13.3 Å². The van der Waals surface area contributed by atoms with Crippen LogP contribution in [-0.4, -0.2) is 79.1 Å². The number of alkyl halides is 6. The first kappa shape index (κ1) is 26.5. The highest BCUT2D eigenvalue weighted by molar-refractivity contribution is 5.92. The molecule has 2 aromatic rings. The summed E-state index contributed by atoms with van der Waals surface area (Å²) in [6.45, 7) is 0.839. The molecule has 1 saturated heterocycles. The molecule has 2 aliphatic rings. The van der Waals surface area contributed by atoms with E-state index in [-0.39, 0.29) is 18.8 Å². The summed E-state index contributed by atoms with van der Waals surface area (Å²) in [6, 6.07) is 0. The van der Waals surface area contributed by atoms with Gasteiger partial charge < -0.3 is 24.8 Å².